The average molecular weight is 606 g/mol. The Hall–Kier alpha value is -3.57. The number of amides is 2. The van der Waals surface area contributed by atoms with Crippen LogP contribution in [0.5, 0.6) is 0 Å². The van der Waals surface area contributed by atoms with Crippen molar-refractivity contribution < 1.29 is 28.6 Å². The maximum absolute atomic E-state index is 14.8. The van der Waals surface area contributed by atoms with E-state index in [1.807, 2.05) is 26.8 Å². The second kappa shape index (κ2) is 10.5. The topological polar surface area (TPSA) is 110 Å². The fourth-order valence-corrected chi connectivity index (χ4v) is 7.73. The zero-order valence-electron chi connectivity index (χ0n) is 25.6. The quantitative estimate of drug-likeness (QED) is 0.433. The van der Waals surface area contributed by atoms with Gasteiger partial charge in [-0.05, 0) is 83.6 Å². The smallest absolute Gasteiger partial charge is 0.410 e. The van der Waals surface area contributed by atoms with Crippen LogP contribution in [0.4, 0.5) is 15.0 Å². The number of fused-ring (bicyclic) bond motifs is 3. The van der Waals surface area contributed by atoms with Crippen LogP contribution >= 0.6 is 0 Å². The Labute approximate surface area is 256 Å². The number of pyridine rings is 1. The molecule has 3 aliphatic heterocycles. The van der Waals surface area contributed by atoms with Crippen molar-refractivity contribution in [1.82, 2.24) is 19.7 Å². The van der Waals surface area contributed by atoms with Crippen LogP contribution in [-0.2, 0) is 25.2 Å². The van der Waals surface area contributed by atoms with E-state index in [4.69, 9.17) is 19.6 Å². The van der Waals surface area contributed by atoms with Gasteiger partial charge in [0, 0.05) is 35.9 Å². The minimum Gasteiger partial charge on any atom is -0.444 e. The van der Waals surface area contributed by atoms with E-state index in [9.17, 15) is 19.1 Å². The molecule has 4 aliphatic rings. The summed E-state index contributed by atoms with van der Waals surface area (Å²) in [6, 6.07) is 6.45. The van der Waals surface area contributed by atoms with E-state index in [-0.39, 0.29) is 25.3 Å². The van der Waals surface area contributed by atoms with Crippen molar-refractivity contribution >= 4 is 28.7 Å². The number of carbonyl (C=O) groups is 2. The summed E-state index contributed by atoms with van der Waals surface area (Å²) in [7, 11) is 0. The molecule has 3 fully saturated rings. The summed E-state index contributed by atoms with van der Waals surface area (Å²) in [5.74, 6) is 0.241. The van der Waals surface area contributed by atoms with Crippen molar-refractivity contribution in [3.8, 4) is 11.3 Å². The maximum Gasteiger partial charge on any atom is 0.410 e. The summed E-state index contributed by atoms with van der Waals surface area (Å²) < 4.78 is 28.3. The monoisotopic (exact) mass is 605 g/mol. The highest BCUT2D eigenvalue weighted by molar-refractivity contribution is 6.10. The van der Waals surface area contributed by atoms with Crippen LogP contribution in [0, 0.1) is 5.82 Å². The Morgan fingerprint density at radius 3 is 2.66 bits per heavy atom. The number of halogens is 1. The lowest BCUT2D eigenvalue weighted by atomic mass is 9.78. The van der Waals surface area contributed by atoms with Crippen molar-refractivity contribution in [3.05, 3.63) is 41.8 Å². The normalized spacial score (nSPS) is 24.9. The van der Waals surface area contributed by atoms with Gasteiger partial charge in [-0.25, -0.2) is 14.2 Å². The Balaban J connectivity index is 1.38. The van der Waals surface area contributed by atoms with Crippen molar-refractivity contribution in [2.45, 2.75) is 94.9 Å². The summed E-state index contributed by atoms with van der Waals surface area (Å²) >= 11 is 0. The molecule has 2 saturated heterocycles. The summed E-state index contributed by atoms with van der Waals surface area (Å²) in [6.45, 7) is 6.27. The summed E-state index contributed by atoms with van der Waals surface area (Å²) in [6.07, 6.45) is 7.35. The molecule has 1 aliphatic carbocycles. The number of benzene rings is 1. The largest absolute Gasteiger partial charge is 0.444 e. The molecule has 10 nitrogen and oxygen atoms in total. The standard InChI is InChI=1S/C33H40FN5O5/c1-31(2,3)44-30(42)37-16-14-32(19-37,20-40)39-24-18-21(34)9-10-22(24)27(36-39)23-11-15-35-28-26(23)33(12-5-6-13-33)29(41)38(28)25-8-4-7-17-43-25/h9-11,15,18,25,40H,4-8,12-14,16-17,19-20H2,1-3H3. The second-order valence-electron chi connectivity index (χ2n) is 13.8. The highest BCUT2D eigenvalue weighted by atomic mass is 19.1. The molecule has 1 saturated carbocycles. The number of carbonyl (C=O) groups excluding carboxylic acids is 2. The third-order valence-electron chi connectivity index (χ3n) is 9.79. The Bertz CT molecular complexity index is 1620. The molecule has 7 rings (SSSR count). The van der Waals surface area contributed by atoms with Crippen molar-refractivity contribution in [2.75, 3.05) is 31.2 Å². The zero-order valence-corrected chi connectivity index (χ0v) is 25.6. The van der Waals surface area contributed by atoms with E-state index in [1.165, 1.54) is 12.1 Å². The molecule has 2 amide bonds. The van der Waals surface area contributed by atoms with Gasteiger partial charge in [0.25, 0.3) is 0 Å². The van der Waals surface area contributed by atoms with Crippen molar-refractivity contribution in [2.24, 2.45) is 0 Å². The van der Waals surface area contributed by atoms with Gasteiger partial charge in [-0.3, -0.25) is 14.4 Å². The van der Waals surface area contributed by atoms with Crippen LogP contribution in [-0.4, -0.2) is 74.9 Å². The Morgan fingerprint density at radius 1 is 1.16 bits per heavy atom. The predicted octanol–water partition coefficient (Wildman–Crippen LogP) is 5.25. The third kappa shape index (κ3) is 4.50. The molecular weight excluding hydrogens is 565 g/mol. The molecule has 234 valence electrons. The van der Waals surface area contributed by atoms with Crippen molar-refractivity contribution in [3.63, 3.8) is 0 Å². The number of anilines is 1. The number of aromatic nitrogens is 3. The SMILES string of the molecule is CC(C)(C)OC(=O)N1CCC(CO)(n2nc(-c3ccnc4c3C3(CCCC3)C(=O)N4C3CCCCO3)c3ccc(F)cc32)C1. The minimum atomic E-state index is -0.986. The van der Waals surface area contributed by atoms with Crippen LogP contribution in [0.2, 0.25) is 0 Å². The highest BCUT2D eigenvalue weighted by Gasteiger charge is 2.56. The lowest BCUT2D eigenvalue weighted by Gasteiger charge is -2.32. The lowest BCUT2D eigenvalue weighted by molar-refractivity contribution is -0.126. The molecular formula is C33H40FN5O5. The molecule has 11 heteroatoms. The first-order chi connectivity index (χ1) is 21.1. The molecule has 2 unspecified atom stereocenters. The van der Waals surface area contributed by atoms with Gasteiger partial charge in [0.15, 0.2) is 0 Å². The molecule has 44 heavy (non-hydrogen) atoms. The van der Waals surface area contributed by atoms with Gasteiger partial charge in [-0.1, -0.05) is 12.8 Å². The first kappa shape index (κ1) is 29.2. The fraction of sp³-hybridized carbons (Fsp3) is 0.576. The minimum absolute atomic E-state index is 0.0438. The van der Waals surface area contributed by atoms with E-state index >= 15 is 0 Å². The number of aliphatic hydroxyl groups excluding tert-OH is 1. The summed E-state index contributed by atoms with van der Waals surface area (Å²) in [5.41, 5.74) is 0.408. The molecule has 1 spiro atoms. The molecule has 0 radical (unpaired) electrons. The first-order valence-corrected chi connectivity index (χ1v) is 15.8. The Kier molecular flexibility index (Phi) is 6.97. The fourth-order valence-electron chi connectivity index (χ4n) is 7.73. The van der Waals surface area contributed by atoms with E-state index in [2.05, 4.69) is 0 Å². The number of ether oxygens (including phenoxy) is 2. The average Bonchev–Trinajstić information content (AvgIpc) is 3.78. The van der Waals surface area contributed by atoms with Crippen LogP contribution < -0.4 is 4.90 Å². The van der Waals surface area contributed by atoms with E-state index in [0.717, 1.165) is 56.1 Å². The van der Waals surface area contributed by atoms with Crippen LogP contribution in [0.3, 0.4) is 0 Å². The van der Waals surface area contributed by atoms with Gasteiger partial charge < -0.3 is 19.5 Å². The van der Waals surface area contributed by atoms with Crippen molar-refractivity contribution in [1.29, 1.82) is 0 Å². The maximum atomic E-state index is 14.8. The Morgan fingerprint density at radius 2 is 1.95 bits per heavy atom. The zero-order chi connectivity index (χ0) is 30.9. The van der Waals surface area contributed by atoms with Gasteiger partial charge in [0.2, 0.25) is 5.91 Å². The number of nitrogens with zero attached hydrogens (tertiary/aromatic N) is 5. The predicted molar refractivity (Wildman–Crippen MR) is 162 cm³/mol. The highest BCUT2D eigenvalue weighted by Crippen LogP contribution is 2.55. The van der Waals surface area contributed by atoms with Crippen LogP contribution in [0.1, 0.15) is 77.7 Å². The van der Waals surface area contributed by atoms with Gasteiger partial charge in [-0.2, -0.15) is 5.10 Å². The molecule has 5 heterocycles. The number of hydrogen-bond donors (Lipinski definition) is 1. The number of rotatable bonds is 4. The first-order valence-electron chi connectivity index (χ1n) is 15.8. The number of likely N-dealkylation sites (tertiary alicyclic amines) is 1. The molecule has 3 aromatic rings. The van der Waals surface area contributed by atoms with E-state index < -0.39 is 28.5 Å². The van der Waals surface area contributed by atoms with Crippen LogP contribution in [0.15, 0.2) is 30.5 Å². The summed E-state index contributed by atoms with van der Waals surface area (Å²) in [4.78, 5) is 35.5. The van der Waals surface area contributed by atoms with E-state index in [1.54, 1.807) is 26.7 Å². The lowest BCUT2D eigenvalue weighted by Crippen LogP contribution is -2.46. The number of hydrogen-bond acceptors (Lipinski definition) is 7. The summed E-state index contributed by atoms with van der Waals surface area (Å²) in [5, 5.41) is 16.7. The number of aliphatic hydroxyl groups is 1. The molecule has 1 aromatic carbocycles. The second-order valence-corrected chi connectivity index (χ2v) is 13.8. The molecule has 1 N–H and O–H groups in total. The van der Waals surface area contributed by atoms with E-state index in [0.29, 0.717) is 42.0 Å². The third-order valence-corrected chi connectivity index (χ3v) is 9.79. The van der Waals surface area contributed by atoms with Gasteiger partial charge >= 0.3 is 6.09 Å². The van der Waals surface area contributed by atoms with Gasteiger partial charge in [-0.15, -0.1) is 0 Å². The van der Waals surface area contributed by atoms with Gasteiger partial charge in [0.1, 0.15) is 34.7 Å². The molecule has 2 atom stereocenters. The molecule has 0 bridgehead atoms. The van der Waals surface area contributed by atoms with Gasteiger partial charge in [0.05, 0.1) is 24.1 Å². The van der Waals surface area contributed by atoms with Crippen LogP contribution in [0.25, 0.3) is 22.2 Å². The molecule has 2 aromatic heterocycles.